The zero-order chi connectivity index (χ0) is 12.6. The molecule has 2 rings (SSSR count). The molecule has 1 aromatic rings. The Morgan fingerprint density at radius 3 is 2.78 bits per heavy atom. The average molecular weight is 247 g/mol. The molecule has 2 heteroatoms. The van der Waals surface area contributed by atoms with Crippen LogP contribution in [0.2, 0.25) is 0 Å². The fourth-order valence-corrected chi connectivity index (χ4v) is 2.51. The molecule has 1 aliphatic heterocycles. The van der Waals surface area contributed by atoms with E-state index in [4.69, 9.17) is 4.74 Å². The van der Waals surface area contributed by atoms with Crippen LogP contribution in [0, 0.1) is 0 Å². The summed E-state index contributed by atoms with van der Waals surface area (Å²) in [5.74, 6) is 1.05. The fraction of sp³-hybridized carbons (Fsp3) is 0.625. The zero-order valence-corrected chi connectivity index (χ0v) is 11.5. The Morgan fingerprint density at radius 2 is 1.89 bits per heavy atom. The van der Waals surface area contributed by atoms with Crippen LogP contribution in [0.25, 0.3) is 0 Å². The van der Waals surface area contributed by atoms with Crippen molar-refractivity contribution < 1.29 is 4.74 Å². The van der Waals surface area contributed by atoms with Gasteiger partial charge in [-0.05, 0) is 19.0 Å². The van der Waals surface area contributed by atoms with Crippen LogP contribution >= 0.6 is 0 Å². The molecule has 0 saturated carbocycles. The van der Waals surface area contributed by atoms with E-state index in [0.29, 0.717) is 6.04 Å². The molecule has 0 aromatic heterocycles. The molecular formula is C16H25NO. The normalized spacial score (nSPS) is 17.5. The summed E-state index contributed by atoms with van der Waals surface area (Å²) < 4.78 is 5.66. The number of fused-ring (bicyclic) bond motifs is 1. The predicted molar refractivity (Wildman–Crippen MR) is 76.1 cm³/mol. The standard InChI is InChI=1S/C16H25NO/c1-2-3-4-5-6-9-12-17-15-13-18-16-11-8-7-10-14(15)16/h7-8,10-11,15,17H,2-6,9,12-13H2,1H3. The van der Waals surface area contributed by atoms with Crippen LogP contribution in [0.15, 0.2) is 24.3 Å². The number of hydrogen-bond acceptors (Lipinski definition) is 2. The number of nitrogens with one attached hydrogen (secondary N) is 1. The molecule has 1 aliphatic rings. The molecule has 100 valence electrons. The van der Waals surface area contributed by atoms with Gasteiger partial charge in [-0.1, -0.05) is 57.2 Å². The van der Waals surface area contributed by atoms with Crippen LogP contribution in [-0.2, 0) is 0 Å². The van der Waals surface area contributed by atoms with Crippen molar-refractivity contribution in [1.82, 2.24) is 5.32 Å². The van der Waals surface area contributed by atoms with Gasteiger partial charge >= 0.3 is 0 Å². The fourth-order valence-electron chi connectivity index (χ4n) is 2.51. The summed E-state index contributed by atoms with van der Waals surface area (Å²) in [6, 6.07) is 8.75. The van der Waals surface area contributed by atoms with Crippen LogP contribution in [0.5, 0.6) is 5.75 Å². The molecule has 1 unspecified atom stereocenters. The van der Waals surface area contributed by atoms with Gasteiger partial charge in [-0.25, -0.2) is 0 Å². The Kier molecular flexibility index (Phi) is 5.53. The molecule has 2 nitrogen and oxygen atoms in total. The van der Waals surface area contributed by atoms with E-state index in [0.717, 1.165) is 18.9 Å². The van der Waals surface area contributed by atoms with Crippen molar-refractivity contribution in [1.29, 1.82) is 0 Å². The highest BCUT2D eigenvalue weighted by Gasteiger charge is 2.22. The Morgan fingerprint density at radius 1 is 1.11 bits per heavy atom. The van der Waals surface area contributed by atoms with Gasteiger partial charge in [0.1, 0.15) is 12.4 Å². The Bertz CT molecular complexity index is 351. The predicted octanol–water partition coefficient (Wildman–Crippen LogP) is 4.07. The van der Waals surface area contributed by atoms with Crippen molar-refractivity contribution in [2.75, 3.05) is 13.2 Å². The maximum atomic E-state index is 5.66. The van der Waals surface area contributed by atoms with Crippen LogP contribution in [-0.4, -0.2) is 13.2 Å². The van der Waals surface area contributed by atoms with Crippen molar-refractivity contribution in [2.45, 2.75) is 51.5 Å². The lowest BCUT2D eigenvalue weighted by atomic mass is 10.1. The minimum atomic E-state index is 0.400. The third-order valence-electron chi connectivity index (χ3n) is 3.62. The highest BCUT2D eigenvalue weighted by Crippen LogP contribution is 2.31. The topological polar surface area (TPSA) is 21.3 Å². The molecule has 0 fully saturated rings. The molecule has 0 bridgehead atoms. The number of hydrogen-bond donors (Lipinski definition) is 1. The van der Waals surface area contributed by atoms with Gasteiger partial charge in [0, 0.05) is 5.56 Å². The van der Waals surface area contributed by atoms with Crippen LogP contribution in [0.3, 0.4) is 0 Å². The largest absolute Gasteiger partial charge is 0.491 e. The molecule has 1 N–H and O–H groups in total. The number of ether oxygens (including phenoxy) is 1. The van der Waals surface area contributed by atoms with Crippen molar-refractivity contribution in [2.24, 2.45) is 0 Å². The first-order valence-corrected chi connectivity index (χ1v) is 7.37. The van der Waals surface area contributed by atoms with Gasteiger partial charge in [0.15, 0.2) is 0 Å². The lowest BCUT2D eigenvalue weighted by molar-refractivity contribution is 0.310. The molecule has 0 radical (unpaired) electrons. The van der Waals surface area contributed by atoms with Crippen molar-refractivity contribution in [3.05, 3.63) is 29.8 Å². The summed E-state index contributed by atoms with van der Waals surface area (Å²) in [5.41, 5.74) is 1.32. The summed E-state index contributed by atoms with van der Waals surface area (Å²) in [6.45, 7) is 4.16. The zero-order valence-electron chi connectivity index (χ0n) is 11.5. The van der Waals surface area contributed by atoms with Gasteiger partial charge in [0.25, 0.3) is 0 Å². The molecule has 1 atom stereocenters. The maximum absolute atomic E-state index is 5.66. The van der Waals surface area contributed by atoms with Crippen molar-refractivity contribution >= 4 is 0 Å². The highest BCUT2D eigenvalue weighted by molar-refractivity contribution is 5.39. The van der Waals surface area contributed by atoms with E-state index in [9.17, 15) is 0 Å². The second kappa shape index (κ2) is 7.42. The van der Waals surface area contributed by atoms with E-state index in [-0.39, 0.29) is 0 Å². The summed E-state index contributed by atoms with van der Waals surface area (Å²) in [7, 11) is 0. The second-order valence-electron chi connectivity index (χ2n) is 5.12. The molecule has 0 aliphatic carbocycles. The molecule has 18 heavy (non-hydrogen) atoms. The molecule has 0 spiro atoms. The second-order valence-corrected chi connectivity index (χ2v) is 5.12. The molecule has 1 aromatic carbocycles. The lowest BCUT2D eigenvalue weighted by Crippen LogP contribution is -2.23. The monoisotopic (exact) mass is 247 g/mol. The van der Waals surface area contributed by atoms with Gasteiger partial charge in [0.2, 0.25) is 0 Å². The van der Waals surface area contributed by atoms with E-state index in [2.05, 4.69) is 30.4 Å². The van der Waals surface area contributed by atoms with Gasteiger partial charge in [-0.2, -0.15) is 0 Å². The van der Waals surface area contributed by atoms with E-state index in [1.165, 1.54) is 44.1 Å². The van der Waals surface area contributed by atoms with E-state index in [1.54, 1.807) is 0 Å². The first kappa shape index (κ1) is 13.4. The summed E-state index contributed by atoms with van der Waals surface area (Å²) in [5, 5.41) is 3.60. The Labute approximate surface area is 111 Å². The van der Waals surface area contributed by atoms with Gasteiger partial charge in [0.05, 0.1) is 6.04 Å². The average Bonchev–Trinajstić information content (AvgIpc) is 2.81. The van der Waals surface area contributed by atoms with E-state index < -0.39 is 0 Å². The highest BCUT2D eigenvalue weighted by atomic mass is 16.5. The number of rotatable bonds is 8. The Hall–Kier alpha value is -1.02. The minimum absolute atomic E-state index is 0.400. The van der Waals surface area contributed by atoms with Crippen molar-refractivity contribution in [3.8, 4) is 5.75 Å². The first-order chi connectivity index (χ1) is 8.92. The third-order valence-corrected chi connectivity index (χ3v) is 3.62. The minimum Gasteiger partial charge on any atom is -0.491 e. The van der Waals surface area contributed by atoms with Gasteiger partial charge in [-0.3, -0.25) is 0 Å². The smallest absolute Gasteiger partial charge is 0.124 e. The number of para-hydroxylation sites is 1. The third kappa shape index (κ3) is 3.74. The number of unbranched alkanes of at least 4 members (excludes halogenated alkanes) is 5. The molecule has 1 heterocycles. The Balaban J connectivity index is 1.61. The maximum Gasteiger partial charge on any atom is 0.124 e. The summed E-state index contributed by atoms with van der Waals surface area (Å²) >= 11 is 0. The molecule has 0 saturated heterocycles. The SMILES string of the molecule is CCCCCCCCNC1COc2ccccc21. The summed E-state index contributed by atoms with van der Waals surface area (Å²) in [6.07, 6.45) is 8.12. The quantitative estimate of drug-likeness (QED) is 0.699. The first-order valence-electron chi connectivity index (χ1n) is 7.37. The van der Waals surface area contributed by atoms with Crippen LogP contribution < -0.4 is 10.1 Å². The van der Waals surface area contributed by atoms with Gasteiger partial charge in [-0.15, -0.1) is 0 Å². The van der Waals surface area contributed by atoms with E-state index >= 15 is 0 Å². The van der Waals surface area contributed by atoms with Crippen LogP contribution in [0.4, 0.5) is 0 Å². The van der Waals surface area contributed by atoms with E-state index in [1.807, 2.05) is 6.07 Å². The van der Waals surface area contributed by atoms with Gasteiger partial charge < -0.3 is 10.1 Å². The van der Waals surface area contributed by atoms with Crippen molar-refractivity contribution in [3.63, 3.8) is 0 Å². The number of benzene rings is 1. The summed E-state index contributed by atoms with van der Waals surface area (Å²) in [4.78, 5) is 0. The molecule has 0 amide bonds. The van der Waals surface area contributed by atoms with Crippen LogP contribution in [0.1, 0.15) is 57.1 Å². The molecular weight excluding hydrogens is 222 g/mol. The lowest BCUT2D eigenvalue weighted by Gasteiger charge is -2.11.